The van der Waals surface area contributed by atoms with Crippen molar-refractivity contribution in [2.45, 2.75) is 25.4 Å². The van der Waals surface area contributed by atoms with E-state index in [4.69, 9.17) is 18.9 Å². The van der Waals surface area contributed by atoms with Crippen molar-refractivity contribution in [2.75, 3.05) is 52.7 Å². The molecule has 1 fully saturated rings. The van der Waals surface area contributed by atoms with Gasteiger partial charge in [0.15, 0.2) is 17.6 Å². The molecular weight excluding hydrogens is 330 g/mol. The third-order valence-corrected chi connectivity index (χ3v) is 4.24. The quantitative estimate of drug-likeness (QED) is 0.669. The lowest BCUT2D eigenvalue weighted by Crippen LogP contribution is -2.36. The van der Waals surface area contributed by atoms with Crippen LogP contribution in [0.5, 0.6) is 11.5 Å². The topological polar surface area (TPSA) is 40.2 Å². The molecular formula is C18H28ClNO4. The Hall–Kier alpha value is -1.01. The Morgan fingerprint density at radius 1 is 1.04 bits per heavy atom. The summed E-state index contributed by atoms with van der Waals surface area (Å²) in [7, 11) is 0. The second kappa shape index (κ2) is 10.8. The van der Waals surface area contributed by atoms with E-state index in [1.165, 1.54) is 19.4 Å². The highest BCUT2D eigenvalue weighted by Crippen LogP contribution is 2.30. The molecule has 3 rings (SSSR count). The summed E-state index contributed by atoms with van der Waals surface area (Å²) in [6, 6.07) is 7.78. The van der Waals surface area contributed by atoms with Crippen molar-refractivity contribution in [1.29, 1.82) is 0 Å². The molecule has 0 amide bonds. The standard InChI is InChI=1S/C18H27NO4.ClH/c1(4-8-19-9-12-20-13-10-19)5-11-21-14-16-15-22-17-6-2-3-7-18(17)23-16;/h2-3,6-7,16H,1,4-5,8-15H2;1H. The molecule has 1 aromatic rings. The second-order valence-corrected chi connectivity index (χ2v) is 6.09. The van der Waals surface area contributed by atoms with Crippen LogP contribution in [0.25, 0.3) is 0 Å². The fourth-order valence-corrected chi connectivity index (χ4v) is 2.90. The van der Waals surface area contributed by atoms with E-state index in [0.29, 0.717) is 13.2 Å². The van der Waals surface area contributed by atoms with Gasteiger partial charge in [0.05, 0.1) is 19.8 Å². The van der Waals surface area contributed by atoms with Crippen LogP contribution in [0.4, 0.5) is 0 Å². The van der Waals surface area contributed by atoms with Crippen molar-refractivity contribution < 1.29 is 18.9 Å². The Morgan fingerprint density at radius 3 is 2.67 bits per heavy atom. The number of nitrogens with zero attached hydrogens (tertiary/aromatic N) is 1. The summed E-state index contributed by atoms with van der Waals surface area (Å²) < 4.78 is 22.6. The number of benzene rings is 1. The van der Waals surface area contributed by atoms with Gasteiger partial charge in [-0.05, 0) is 37.9 Å². The average Bonchev–Trinajstić information content (AvgIpc) is 2.61. The third kappa shape index (κ3) is 6.13. The van der Waals surface area contributed by atoms with E-state index in [1.807, 2.05) is 24.3 Å². The molecule has 6 heteroatoms. The molecule has 0 N–H and O–H groups in total. The lowest BCUT2D eigenvalue weighted by Gasteiger charge is -2.26. The smallest absolute Gasteiger partial charge is 0.161 e. The van der Waals surface area contributed by atoms with E-state index in [1.54, 1.807) is 0 Å². The van der Waals surface area contributed by atoms with Crippen molar-refractivity contribution in [1.82, 2.24) is 4.90 Å². The SMILES string of the molecule is Cl.c1ccc2c(c1)OCC(COCCCCCN1CCOCC1)O2. The van der Waals surface area contributed by atoms with Gasteiger partial charge >= 0.3 is 0 Å². The molecule has 0 radical (unpaired) electrons. The summed E-state index contributed by atoms with van der Waals surface area (Å²) >= 11 is 0. The van der Waals surface area contributed by atoms with Crippen molar-refractivity contribution >= 4 is 12.4 Å². The summed E-state index contributed by atoms with van der Waals surface area (Å²) in [6.45, 7) is 7.07. The van der Waals surface area contributed by atoms with E-state index in [2.05, 4.69) is 4.90 Å². The Balaban J connectivity index is 0.00000208. The van der Waals surface area contributed by atoms with E-state index in [-0.39, 0.29) is 18.5 Å². The monoisotopic (exact) mass is 357 g/mol. The second-order valence-electron chi connectivity index (χ2n) is 6.09. The van der Waals surface area contributed by atoms with Crippen LogP contribution < -0.4 is 9.47 Å². The van der Waals surface area contributed by atoms with Gasteiger partial charge in [0.2, 0.25) is 0 Å². The van der Waals surface area contributed by atoms with Crippen LogP contribution in [0.3, 0.4) is 0 Å². The normalized spacial score (nSPS) is 20.4. The largest absolute Gasteiger partial charge is 0.486 e. The summed E-state index contributed by atoms with van der Waals surface area (Å²) in [5, 5.41) is 0. The summed E-state index contributed by atoms with van der Waals surface area (Å²) in [5.41, 5.74) is 0. The molecule has 0 aromatic heterocycles. The molecule has 2 aliphatic rings. The minimum absolute atomic E-state index is 0. The Bertz CT molecular complexity index is 468. The van der Waals surface area contributed by atoms with E-state index < -0.39 is 0 Å². The van der Waals surface area contributed by atoms with Crippen LogP contribution in [0, 0.1) is 0 Å². The fourth-order valence-electron chi connectivity index (χ4n) is 2.90. The van der Waals surface area contributed by atoms with Crippen LogP contribution in [-0.4, -0.2) is 63.7 Å². The molecule has 1 unspecified atom stereocenters. The lowest BCUT2D eigenvalue weighted by atomic mass is 10.2. The third-order valence-electron chi connectivity index (χ3n) is 4.24. The number of hydrogen-bond donors (Lipinski definition) is 0. The number of morpholine rings is 1. The van der Waals surface area contributed by atoms with Crippen LogP contribution in [0.15, 0.2) is 24.3 Å². The zero-order valence-corrected chi connectivity index (χ0v) is 15.0. The molecule has 0 bridgehead atoms. The van der Waals surface area contributed by atoms with E-state index in [9.17, 15) is 0 Å². The van der Waals surface area contributed by atoms with Crippen molar-refractivity contribution in [3.8, 4) is 11.5 Å². The first kappa shape index (κ1) is 19.3. The summed E-state index contributed by atoms with van der Waals surface area (Å²) in [5.74, 6) is 1.64. The van der Waals surface area contributed by atoms with Gasteiger partial charge in [-0.15, -0.1) is 12.4 Å². The molecule has 136 valence electrons. The number of fused-ring (bicyclic) bond motifs is 1. The Kier molecular flexibility index (Phi) is 8.67. The first-order chi connectivity index (χ1) is 11.4. The van der Waals surface area contributed by atoms with Gasteiger partial charge in [0.25, 0.3) is 0 Å². The Labute approximate surface area is 150 Å². The van der Waals surface area contributed by atoms with Gasteiger partial charge in [-0.3, -0.25) is 4.90 Å². The van der Waals surface area contributed by atoms with E-state index >= 15 is 0 Å². The molecule has 2 heterocycles. The van der Waals surface area contributed by atoms with Crippen LogP contribution in [-0.2, 0) is 9.47 Å². The van der Waals surface area contributed by atoms with Gasteiger partial charge < -0.3 is 18.9 Å². The van der Waals surface area contributed by atoms with Crippen molar-refractivity contribution in [3.63, 3.8) is 0 Å². The number of halogens is 1. The van der Waals surface area contributed by atoms with Crippen LogP contribution in [0.1, 0.15) is 19.3 Å². The number of ether oxygens (including phenoxy) is 4. The van der Waals surface area contributed by atoms with Crippen LogP contribution >= 0.6 is 12.4 Å². The highest BCUT2D eigenvalue weighted by atomic mass is 35.5. The zero-order valence-electron chi connectivity index (χ0n) is 14.2. The first-order valence-electron chi connectivity index (χ1n) is 8.68. The van der Waals surface area contributed by atoms with Gasteiger partial charge in [-0.1, -0.05) is 12.1 Å². The maximum Gasteiger partial charge on any atom is 0.161 e. The van der Waals surface area contributed by atoms with Gasteiger partial charge in [-0.2, -0.15) is 0 Å². The van der Waals surface area contributed by atoms with Crippen LogP contribution in [0.2, 0.25) is 0 Å². The maximum absolute atomic E-state index is 5.87. The van der Waals surface area contributed by atoms with Gasteiger partial charge in [0, 0.05) is 19.7 Å². The Morgan fingerprint density at radius 2 is 1.83 bits per heavy atom. The highest BCUT2D eigenvalue weighted by Gasteiger charge is 2.20. The lowest BCUT2D eigenvalue weighted by molar-refractivity contribution is 0.00730. The molecule has 5 nitrogen and oxygen atoms in total. The van der Waals surface area contributed by atoms with Gasteiger partial charge in [0.1, 0.15) is 6.61 Å². The fraction of sp³-hybridized carbons (Fsp3) is 0.667. The number of para-hydroxylation sites is 2. The molecule has 0 spiro atoms. The van der Waals surface area contributed by atoms with Crippen molar-refractivity contribution in [2.24, 2.45) is 0 Å². The summed E-state index contributed by atoms with van der Waals surface area (Å²) in [6.07, 6.45) is 3.55. The summed E-state index contributed by atoms with van der Waals surface area (Å²) in [4.78, 5) is 2.48. The predicted molar refractivity (Wildman–Crippen MR) is 95.5 cm³/mol. The molecule has 1 atom stereocenters. The molecule has 0 saturated carbocycles. The number of unbranched alkanes of at least 4 members (excludes halogenated alkanes) is 2. The van der Waals surface area contributed by atoms with E-state index in [0.717, 1.165) is 50.8 Å². The highest BCUT2D eigenvalue weighted by molar-refractivity contribution is 5.85. The minimum Gasteiger partial charge on any atom is -0.486 e. The first-order valence-corrected chi connectivity index (χ1v) is 8.68. The average molecular weight is 358 g/mol. The molecule has 1 saturated heterocycles. The minimum atomic E-state index is -0.00162. The molecule has 0 aliphatic carbocycles. The molecule has 24 heavy (non-hydrogen) atoms. The molecule has 1 aromatic carbocycles. The number of rotatable bonds is 8. The van der Waals surface area contributed by atoms with Crippen molar-refractivity contribution in [3.05, 3.63) is 24.3 Å². The predicted octanol–water partition coefficient (Wildman–Crippen LogP) is 2.77. The zero-order chi connectivity index (χ0) is 15.7. The molecule has 2 aliphatic heterocycles. The number of hydrogen-bond acceptors (Lipinski definition) is 5. The maximum atomic E-state index is 5.87. The van der Waals surface area contributed by atoms with Gasteiger partial charge in [-0.25, -0.2) is 0 Å².